The summed E-state index contributed by atoms with van der Waals surface area (Å²) in [5.74, 6) is -0.250. The number of amides is 2. The van der Waals surface area contributed by atoms with Crippen LogP contribution in [0.3, 0.4) is 0 Å². The second-order valence-electron chi connectivity index (χ2n) is 12.5. The molecular weight excluding hydrogens is 598 g/mol. The highest BCUT2D eigenvalue weighted by molar-refractivity contribution is 7.92. The number of carbonyl (C=O) groups is 2. The highest BCUT2D eigenvalue weighted by Crippen LogP contribution is 2.24. The van der Waals surface area contributed by atoms with Crippen molar-refractivity contribution in [3.05, 3.63) is 131 Å². The Morgan fingerprint density at radius 3 is 1.96 bits per heavy atom. The molecule has 0 heterocycles. The van der Waals surface area contributed by atoms with Gasteiger partial charge in [0.1, 0.15) is 24.9 Å². The number of nitrogens with zero attached hydrogens (tertiary/aromatic N) is 2. The lowest BCUT2D eigenvalue weighted by Crippen LogP contribution is -2.56. The van der Waals surface area contributed by atoms with Crippen molar-refractivity contribution in [2.75, 3.05) is 17.1 Å². The molecule has 0 aliphatic heterocycles. The van der Waals surface area contributed by atoms with Crippen molar-refractivity contribution in [1.29, 1.82) is 0 Å². The van der Waals surface area contributed by atoms with Crippen molar-refractivity contribution in [2.45, 2.75) is 58.8 Å². The lowest BCUT2D eigenvalue weighted by atomic mass is 10.0. The minimum atomic E-state index is -3.88. The number of ether oxygens (including phenoxy) is 1. The summed E-state index contributed by atoms with van der Waals surface area (Å²) in [6, 6.07) is 32.6. The minimum Gasteiger partial charge on any atom is -0.489 e. The van der Waals surface area contributed by atoms with Crippen molar-refractivity contribution in [1.82, 2.24) is 10.2 Å². The van der Waals surface area contributed by atoms with E-state index in [2.05, 4.69) is 5.32 Å². The van der Waals surface area contributed by atoms with Crippen molar-refractivity contribution in [2.24, 2.45) is 0 Å². The number of rotatable bonds is 13. The van der Waals surface area contributed by atoms with Crippen molar-refractivity contribution in [3.8, 4) is 5.75 Å². The number of hydrogen-bond acceptors (Lipinski definition) is 5. The van der Waals surface area contributed by atoms with E-state index in [4.69, 9.17) is 4.74 Å². The summed E-state index contributed by atoms with van der Waals surface area (Å²) in [5.41, 5.74) is 3.50. The largest absolute Gasteiger partial charge is 0.489 e. The van der Waals surface area contributed by atoms with Crippen LogP contribution in [-0.4, -0.2) is 49.5 Å². The minimum absolute atomic E-state index is 0.124. The van der Waals surface area contributed by atoms with Gasteiger partial charge in [-0.1, -0.05) is 90.5 Å². The summed E-state index contributed by atoms with van der Waals surface area (Å²) in [6.45, 7) is 7.62. The number of carbonyl (C=O) groups excluding carboxylic acids is 2. The molecule has 0 radical (unpaired) electrons. The van der Waals surface area contributed by atoms with Crippen molar-refractivity contribution >= 4 is 27.5 Å². The van der Waals surface area contributed by atoms with Gasteiger partial charge in [-0.15, -0.1) is 0 Å². The van der Waals surface area contributed by atoms with Crippen LogP contribution in [0.25, 0.3) is 0 Å². The second kappa shape index (κ2) is 15.1. The standard InChI is InChI=1S/C37H43N3O5S/c1-28-13-12-18-31(23-28)25-39(34(36(42)38-37(2,3)4)24-29-14-8-6-9-15-29)35(41)26-40(46(5,43)44)32-19-21-33(22-20-32)45-27-30-16-10-7-11-17-30/h6-23,34H,24-27H2,1-5H3,(H,38,42). The fraction of sp³-hybridized carbons (Fsp3) is 0.297. The summed E-state index contributed by atoms with van der Waals surface area (Å²) in [4.78, 5) is 29.7. The van der Waals surface area contributed by atoms with Crippen molar-refractivity contribution < 1.29 is 22.7 Å². The molecule has 0 aromatic heterocycles. The normalized spacial score (nSPS) is 12.2. The molecule has 4 aromatic carbocycles. The average molecular weight is 642 g/mol. The summed E-state index contributed by atoms with van der Waals surface area (Å²) in [5, 5.41) is 3.04. The first kappa shape index (κ1) is 34.2. The molecular formula is C37H43N3O5S. The van der Waals surface area contributed by atoms with Crippen LogP contribution < -0.4 is 14.4 Å². The summed E-state index contributed by atoms with van der Waals surface area (Å²) in [7, 11) is -3.88. The van der Waals surface area contributed by atoms with Crippen LogP contribution in [0.5, 0.6) is 5.75 Å². The fourth-order valence-electron chi connectivity index (χ4n) is 5.08. The third-order valence-corrected chi connectivity index (χ3v) is 8.40. The predicted octanol–water partition coefficient (Wildman–Crippen LogP) is 5.89. The van der Waals surface area contributed by atoms with E-state index in [9.17, 15) is 18.0 Å². The molecule has 8 nitrogen and oxygen atoms in total. The van der Waals surface area contributed by atoms with Gasteiger partial charge < -0.3 is 15.0 Å². The molecule has 0 fully saturated rings. The van der Waals surface area contributed by atoms with Gasteiger partial charge >= 0.3 is 0 Å². The van der Waals surface area contributed by atoms with Gasteiger partial charge in [0.2, 0.25) is 21.8 Å². The fourth-order valence-corrected chi connectivity index (χ4v) is 5.93. The molecule has 0 saturated carbocycles. The zero-order valence-electron chi connectivity index (χ0n) is 27.1. The van der Waals surface area contributed by atoms with Gasteiger partial charge in [-0.2, -0.15) is 0 Å². The molecule has 1 atom stereocenters. The maximum absolute atomic E-state index is 14.3. The number of hydrogen-bond donors (Lipinski definition) is 1. The van der Waals surface area contributed by atoms with E-state index in [1.807, 2.05) is 113 Å². The molecule has 4 aromatic rings. The number of sulfonamides is 1. The monoisotopic (exact) mass is 641 g/mol. The molecule has 2 amide bonds. The first-order chi connectivity index (χ1) is 21.8. The summed E-state index contributed by atoms with van der Waals surface area (Å²) < 4.78 is 33.2. The quantitative estimate of drug-likeness (QED) is 0.196. The Morgan fingerprint density at radius 1 is 0.804 bits per heavy atom. The molecule has 0 aliphatic rings. The molecule has 242 valence electrons. The first-order valence-electron chi connectivity index (χ1n) is 15.2. The van der Waals surface area contributed by atoms with Crippen molar-refractivity contribution in [3.63, 3.8) is 0 Å². The Labute approximate surface area is 273 Å². The molecule has 46 heavy (non-hydrogen) atoms. The highest BCUT2D eigenvalue weighted by Gasteiger charge is 2.34. The molecule has 0 spiro atoms. The van der Waals surface area contributed by atoms with E-state index in [1.54, 1.807) is 24.3 Å². The maximum atomic E-state index is 14.3. The van der Waals surface area contributed by atoms with E-state index in [1.165, 1.54) is 4.90 Å². The van der Waals surface area contributed by atoms with E-state index in [0.717, 1.165) is 32.8 Å². The topological polar surface area (TPSA) is 96.0 Å². The van der Waals surface area contributed by atoms with Gasteiger partial charge in [0.15, 0.2) is 0 Å². The van der Waals surface area contributed by atoms with Crippen LogP contribution in [0.2, 0.25) is 0 Å². The Bertz CT molecular complexity index is 1700. The number of nitrogens with one attached hydrogen (secondary N) is 1. The van der Waals surface area contributed by atoms with Crippen LogP contribution in [0, 0.1) is 6.92 Å². The van der Waals surface area contributed by atoms with Gasteiger partial charge in [0, 0.05) is 18.5 Å². The number of aryl methyl sites for hydroxylation is 1. The zero-order chi connectivity index (χ0) is 33.3. The SMILES string of the molecule is Cc1cccc(CN(C(=O)CN(c2ccc(OCc3ccccc3)cc2)S(C)(=O)=O)C(Cc2ccccc2)C(=O)NC(C)(C)C)c1. The van der Waals surface area contributed by atoms with Crippen LogP contribution in [0.1, 0.15) is 43.0 Å². The average Bonchev–Trinajstić information content (AvgIpc) is 3.00. The molecule has 0 aliphatic carbocycles. The molecule has 9 heteroatoms. The van der Waals surface area contributed by atoms with Gasteiger partial charge in [-0.3, -0.25) is 13.9 Å². The Morgan fingerprint density at radius 2 is 1.39 bits per heavy atom. The Kier molecular flexibility index (Phi) is 11.2. The molecule has 1 unspecified atom stereocenters. The molecule has 0 saturated heterocycles. The lowest BCUT2D eigenvalue weighted by Gasteiger charge is -2.35. The van der Waals surface area contributed by atoms with Gasteiger partial charge in [-0.25, -0.2) is 8.42 Å². The first-order valence-corrected chi connectivity index (χ1v) is 17.1. The van der Waals surface area contributed by atoms with E-state index in [0.29, 0.717) is 18.0 Å². The van der Waals surface area contributed by atoms with Gasteiger partial charge in [-0.05, 0) is 68.7 Å². The number of benzene rings is 4. The Hall–Kier alpha value is -4.63. The summed E-state index contributed by atoms with van der Waals surface area (Å²) >= 11 is 0. The van der Waals surface area contributed by atoms with Gasteiger partial charge in [0.05, 0.1) is 11.9 Å². The second-order valence-corrected chi connectivity index (χ2v) is 14.4. The maximum Gasteiger partial charge on any atom is 0.244 e. The van der Waals surface area contributed by atoms with Crippen LogP contribution in [-0.2, 0) is 39.2 Å². The zero-order valence-corrected chi connectivity index (χ0v) is 28.0. The summed E-state index contributed by atoms with van der Waals surface area (Å²) in [6.07, 6.45) is 1.32. The molecule has 1 N–H and O–H groups in total. The van der Waals surface area contributed by atoms with E-state index >= 15 is 0 Å². The smallest absolute Gasteiger partial charge is 0.244 e. The Balaban J connectivity index is 1.66. The predicted molar refractivity (Wildman–Crippen MR) is 183 cm³/mol. The molecule has 4 rings (SSSR count). The lowest BCUT2D eigenvalue weighted by molar-refractivity contribution is -0.140. The number of anilines is 1. The third kappa shape index (κ3) is 10.2. The van der Waals surface area contributed by atoms with Crippen LogP contribution >= 0.6 is 0 Å². The third-order valence-electron chi connectivity index (χ3n) is 7.26. The van der Waals surface area contributed by atoms with Crippen LogP contribution in [0.4, 0.5) is 5.69 Å². The highest BCUT2D eigenvalue weighted by atomic mass is 32.2. The van der Waals surface area contributed by atoms with E-state index < -0.39 is 34.1 Å². The van der Waals surface area contributed by atoms with Gasteiger partial charge in [0.25, 0.3) is 0 Å². The van der Waals surface area contributed by atoms with Crippen LogP contribution in [0.15, 0.2) is 109 Å². The van der Waals surface area contributed by atoms with E-state index in [-0.39, 0.29) is 18.9 Å². The molecule has 0 bridgehead atoms.